The Labute approximate surface area is 130 Å². The minimum absolute atomic E-state index is 0.0339. The zero-order valence-electron chi connectivity index (χ0n) is 12.4. The molecule has 0 aliphatic carbocycles. The van der Waals surface area contributed by atoms with E-state index < -0.39 is 0 Å². The standard InChI is InChI=1S/C17H20ClFN2/c1-3-8-21-17(15-5-4-9-20-12(15)2)11-13-10-14(18)6-7-16(13)19/h4-7,9-10,17,21H,3,8,11H2,1-2H3. The molecule has 1 unspecified atom stereocenters. The first-order valence-corrected chi connectivity index (χ1v) is 7.58. The molecule has 2 nitrogen and oxygen atoms in total. The van der Waals surface area contributed by atoms with Gasteiger partial charge in [0.15, 0.2) is 0 Å². The molecule has 1 N–H and O–H groups in total. The topological polar surface area (TPSA) is 24.9 Å². The maximum absolute atomic E-state index is 14.0. The van der Waals surface area contributed by atoms with Crippen LogP contribution < -0.4 is 5.32 Å². The Bertz CT molecular complexity index is 601. The number of halogens is 2. The van der Waals surface area contributed by atoms with Crippen molar-refractivity contribution in [3.8, 4) is 0 Å². The SMILES string of the molecule is CCCNC(Cc1cc(Cl)ccc1F)c1cccnc1C. The Hall–Kier alpha value is -1.45. The molecule has 0 amide bonds. The van der Waals surface area contributed by atoms with Gasteiger partial charge < -0.3 is 5.32 Å². The van der Waals surface area contributed by atoms with Gasteiger partial charge in [0.25, 0.3) is 0 Å². The zero-order valence-corrected chi connectivity index (χ0v) is 13.1. The minimum Gasteiger partial charge on any atom is -0.310 e. The number of rotatable bonds is 6. The largest absolute Gasteiger partial charge is 0.310 e. The van der Waals surface area contributed by atoms with Crippen LogP contribution in [-0.4, -0.2) is 11.5 Å². The molecule has 1 aromatic heterocycles. The summed E-state index contributed by atoms with van der Waals surface area (Å²) in [6.07, 6.45) is 3.35. The monoisotopic (exact) mass is 306 g/mol. The van der Waals surface area contributed by atoms with Crippen molar-refractivity contribution in [1.29, 1.82) is 0 Å². The molecule has 0 spiro atoms. The molecule has 112 valence electrons. The van der Waals surface area contributed by atoms with Crippen LogP contribution in [0.1, 0.15) is 36.2 Å². The van der Waals surface area contributed by atoms with Crippen molar-refractivity contribution in [3.05, 3.63) is 64.2 Å². The number of nitrogens with one attached hydrogen (secondary N) is 1. The molecule has 0 saturated heterocycles. The smallest absolute Gasteiger partial charge is 0.126 e. The van der Waals surface area contributed by atoms with Gasteiger partial charge in [0.1, 0.15) is 5.82 Å². The van der Waals surface area contributed by atoms with Gasteiger partial charge in [-0.05, 0) is 61.7 Å². The highest BCUT2D eigenvalue weighted by Gasteiger charge is 2.16. The van der Waals surface area contributed by atoms with Crippen LogP contribution in [0.25, 0.3) is 0 Å². The maximum Gasteiger partial charge on any atom is 0.126 e. The maximum atomic E-state index is 14.0. The van der Waals surface area contributed by atoms with E-state index in [1.54, 1.807) is 18.3 Å². The summed E-state index contributed by atoms with van der Waals surface area (Å²) in [6.45, 7) is 4.96. The van der Waals surface area contributed by atoms with Gasteiger partial charge in [-0.25, -0.2) is 4.39 Å². The summed E-state index contributed by atoms with van der Waals surface area (Å²) in [5.74, 6) is -0.218. The summed E-state index contributed by atoms with van der Waals surface area (Å²) in [4.78, 5) is 4.33. The third-order valence-electron chi connectivity index (χ3n) is 3.50. The van der Waals surface area contributed by atoms with Crippen LogP contribution in [0.15, 0.2) is 36.5 Å². The summed E-state index contributed by atoms with van der Waals surface area (Å²) in [7, 11) is 0. The van der Waals surface area contributed by atoms with Gasteiger partial charge >= 0.3 is 0 Å². The summed E-state index contributed by atoms with van der Waals surface area (Å²) in [5.41, 5.74) is 2.69. The quantitative estimate of drug-likeness (QED) is 0.852. The Balaban J connectivity index is 2.28. The Morgan fingerprint density at radius 2 is 2.14 bits per heavy atom. The van der Waals surface area contributed by atoms with Crippen molar-refractivity contribution in [2.75, 3.05) is 6.54 Å². The highest BCUT2D eigenvalue weighted by Crippen LogP contribution is 2.24. The molecule has 0 bridgehead atoms. The van der Waals surface area contributed by atoms with E-state index in [2.05, 4.69) is 17.2 Å². The summed E-state index contributed by atoms with van der Waals surface area (Å²) in [6, 6.07) is 8.68. The third kappa shape index (κ3) is 4.26. The Morgan fingerprint density at radius 3 is 2.86 bits per heavy atom. The van der Waals surface area contributed by atoms with Crippen molar-refractivity contribution in [3.63, 3.8) is 0 Å². The number of pyridine rings is 1. The highest BCUT2D eigenvalue weighted by atomic mass is 35.5. The Morgan fingerprint density at radius 1 is 1.33 bits per heavy atom. The normalized spacial score (nSPS) is 12.4. The lowest BCUT2D eigenvalue weighted by molar-refractivity contribution is 0.509. The van der Waals surface area contributed by atoms with Crippen LogP contribution in [-0.2, 0) is 6.42 Å². The molecule has 0 radical (unpaired) electrons. The van der Waals surface area contributed by atoms with Crippen molar-refractivity contribution < 1.29 is 4.39 Å². The zero-order chi connectivity index (χ0) is 15.2. The lowest BCUT2D eigenvalue weighted by atomic mass is 9.97. The first-order valence-electron chi connectivity index (χ1n) is 7.20. The van der Waals surface area contributed by atoms with Crippen LogP contribution in [0.4, 0.5) is 4.39 Å². The van der Waals surface area contributed by atoms with E-state index in [0.29, 0.717) is 17.0 Å². The fraction of sp³-hybridized carbons (Fsp3) is 0.353. The number of hydrogen-bond acceptors (Lipinski definition) is 2. The molecule has 1 atom stereocenters. The molecule has 2 rings (SSSR count). The van der Waals surface area contributed by atoms with E-state index in [1.807, 2.05) is 19.1 Å². The first-order chi connectivity index (χ1) is 10.1. The summed E-state index contributed by atoms with van der Waals surface area (Å²) >= 11 is 5.98. The van der Waals surface area contributed by atoms with E-state index >= 15 is 0 Å². The molecule has 0 aliphatic heterocycles. The van der Waals surface area contributed by atoms with Crippen LogP contribution in [0.3, 0.4) is 0 Å². The molecule has 2 aromatic rings. The van der Waals surface area contributed by atoms with E-state index in [1.165, 1.54) is 6.07 Å². The van der Waals surface area contributed by atoms with Crippen molar-refractivity contribution in [1.82, 2.24) is 10.3 Å². The molecule has 1 aromatic carbocycles. The predicted octanol–water partition coefficient (Wildman–Crippen LogP) is 4.47. The molecule has 21 heavy (non-hydrogen) atoms. The Kier molecular flexibility index (Phi) is 5.71. The lowest BCUT2D eigenvalue weighted by Gasteiger charge is -2.21. The van der Waals surface area contributed by atoms with Crippen molar-refractivity contribution >= 4 is 11.6 Å². The molecule has 0 fully saturated rings. The van der Waals surface area contributed by atoms with Gasteiger partial charge in [0.2, 0.25) is 0 Å². The molecule has 0 aliphatic rings. The van der Waals surface area contributed by atoms with Gasteiger partial charge in [-0.2, -0.15) is 0 Å². The fourth-order valence-electron chi connectivity index (χ4n) is 2.40. The van der Waals surface area contributed by atoms with E-state index in [9.17, 15) is 4.39 Å². The molecule has 4 heteroatoms. The van der Waals surface area contributed by atoms with Gasteiger partial charge in [-0.15, -0.1) is 0 Å². The van der Waals surface area contributed by atoms with Crippen LogP contribution >= 0.6 is 11.6 Å². The average molecular weight is 307 g/mol. The first kappa shape index (κ1) is 15.9. The van der Waals surface area contributed by atoms with E-state index in [0.717, 1.165) is 24.2 Å². The summed E-state index contributed by atoms with van der Waals surface area (Å²) in [5, 5.41) is 4.03. The van der Waals surface area contributed by atoms with Gasteiger partial charge in [-0.1, -0.05) is 24.6 Å². The fourth-order valence-corrected chi connectivity index (χ4v) is 2.59. The number of aromatic nitrogens is 1. The summed E-state index contributed by atoms with van der Waals surface area (Å²) < 4.78 is 14.0. The van der Waals surface area contributed by atoms with Crippen LogP contribution in [0.5, 0.6) is 0 Å². The second-order valence-electron chi connectivity index (χ2n) is 5.12. The number of aryl methyl sites for hydroxylation is 1. The van der Waals surface area contributed by atoms with Gasteiger partial charge in [0, 0.05) is 23.0 Å². The minimum atomic E-state index is -0.218. The molecule has 0 saturated carbocycles. The second kappa shape index (κ2) is 7.53. The van der Waals surface area contributed by atoms with Gasteiger partial charge in [-0.3, -0.25) is 4.98 Å². The number of benzene rings is 1. The molecule has 1 heterocycles. The van der Waals surface area contributed by atoms with E-state index in [-0.39, 0.29) is 11.9 Å². The predicted molar refractivity (Wildman–Crippen MR) is 85.1 cm³/mol. The number of hydrogen-bond donors (Lipinski definition) is 1. The lowest BCUT2D eigenvalue weighted by Crippen LogP contribution is -2.25. The van der Waals surface area contributed by atoms with Crippen LogP contribution in [0.2, 0.25) is 5.02 Å². The van der Waals surface area contributed by atoms with Gasteiger partial charge in [0.05, 0.1) is 0 Å². The van der Waals surface area contributed by atoms with Crippen molar-refractivity contribution in [2.24, 2.45) is 0 Å². The van der Waals surface area contributed by atoms with E-state index in [4.69, 9.17) is 11.6 Å². The second-order valence-corrected chi connectivity index (χ2v) is 5.56. The highest BCUT2D eigenvalue weighted by molar-refractivity contribution is 6.30. The van der Waals surface area contributed by atoms with Crippen molar-refractivity contribution in [2.45, 2.75) is 32.7 Å². The average Bonchev–Trinajstić information content (AvgIpc) is 2.48. The number of nitrogens with zero attached hydrogens (tertiary/aromatic N) is 1. The van der Waals surface area contributed by atoms with Crippen LogP contribution in [0, 0.1) is 12.7 Å². The molecular weight excluding hydrogens is 287 g/mol. The third-order valence-corrected chi connectivity index (χ3v) is 3.73. The molecular formula is C17H20ClFN2.